The number of aliphatic hydroxyl groups is 1. The van der Waals surface area contributed by atoms with E-state index in [9.17, 15) is 0 Å². The first-order valence-electron chi connectivity index (χ1n) is 4.03. The molecule has 1 N–H and O–H groups in total. The number of hydrogen-bond donors (Lipinski definition) is 1. The van der Waals surface area contributed by atoms with Gasteiger partial charge in [0.25, 0.3) is 0 Å². The van der Waals surface area contributed by atoms with Gasteiger partial charge < -0.3 is 14.6 Å². The predicted octanol–water partition coefficient (Wildman–Crippen LogP) is 0.419. The molecule has 0 spiro atoms. The zero-order valence-corrected chi connectivity index (χ0v) is 7.12. The van der Waals surface area contributed by atoms with Crippen LogP contribution in [-0.4, -0.2) is 37.6 Å². The Hall–Kier alpha value is -0.120. The van der Waals surface area contributed by atoms with Gasteiger partial charge in [-0.15, -0.1) is 0 Å². The highest BCUT2D eigenvalue weighted by molar-refractivity contribution is 4.79. The van der Waals surface area contributed by atoms with Crippen LogP contribution < -0.4 is 0 Å². The van der Waals surface area contributed by atoms with Crippen molar-refractivity contribution in [3.8, 4) is 0 Å². The van der Waals surface area contributed by atoms with Crippen molar-refractivity contribution in [2.24, 2.45) is 5.92 Å². The van der Waals surface area contributed by atoms with Crippen LogP contribution in [-0.2, 0) is 9.47 Å². The summed E-state index contributed by atoms with van der Waals surface area (Å²) in [6, 6.07) is 0. The standard InChI is InChI=1S/C8H16O3/c1-6-3-7(4-9)8(11-6)5-10-2/h6-9H,3-5H2,1-2H3/t6-,7-,8-/m1/s1. The van der Waals surface area contributed by atoms with Gasteiger partial charge in [-0.2, -0.15) is 0 Å². The molecule has 1 rings (SSSR count). The molecule has 0 amide bonds. The van der Waals surface area contributed by atoms with E-state index in [2.05, 4.69) is 0 Å². The van der Waals surface area contributed by atoms with Crippen molar-refractivity contribution >= 4 is 0 Å². The van der Waals surface area contributed by atoms with Crippen LogP contribution in [0.2, 0.25) is 0 Å². The minimum atomic E-state index is 0.0972. The van der Waals surface area contributed by atoms with Gasteiger partial charge >= 0.3 is 0 Å². The maximum atomic E-state index is 8.95. The van der Waals surface area contributed by atoms with Crippen molar-refractivity contribution < 1.29 is 14.6 Å². The number of methoxy groups -OCH3 is 1. The third-order valence-electron chi connectivity index (χ3n) is 2.13. The molecule has 1 aliphatic rings. The maximum Gasteiger partial charge on any atom is 0.0862 e. The summed E-state index contributed by atoms with van der Waals surface area (Å²) in [5.41, 5.74) is 0. The highest BCUT2D eigenvalue weighted by Gasteiger charge is 2.31. The van der Waals surface area contributed by atoms with Gasteiger partial charge in [-0.05, 0) is 13.3 Å². The van der Waals surface area contributed by atoms with Crippen LogP contribution in [0.3, 0.4) is 0 Å². The van der Waals surface area contributed by atoms with Crippen LogP contribution in [0, 0.1) is 5.92 Å². The molecule has 3 atom stereocenters. The lowest BCUT2D eigenvalue weighted by Crippen LogP contribution is -2.24. The molecule has 3 nitrogen and oxygen atoms in total. The van der Waals surface area contributed by atoms with Gasteiger partial charge in [0, 0.05) is 19.6 Å². The van der Waals surface area contributed by atoms with Gasteiger partial charge in [-0.25, -0.2) is 0 Å². The van der Waals surface area contributed by atoms with Crippen molar-refractivity contribution in [3.63, 3.8) is 0 Å². The van der Waals surface area contributed by atoms with Crippen LogP contribution >= 0.6 is 0 Å². The van der Waals surface area contributed by atoms with Crippen LogP contribution in [0.1, 0.15) is 13.3 Å². The molecule has 66 valence electrons. The van der Waals surface area contributed by atoms with E-state index >= 15 is 0 Å². The average Bonchev–Trinajstić information content (AvgIpc) is 2.32. The molecule has 0 aliphatic carbocycles. The Kier molecular flexibility index (Phi) is 3.30. The van der Waals surface area contributed by atoms with E-state index in [0.717, 1.165) is 6.42 Å². The Balaban J connectivity index is 2.37. The molecule has 0 aromatic carbocycles. The Bertz CT molecular complexity index is 116. The van der Waals surface area contributed by atoms with E-state index in [0.29, 0.717) is 6.61 Å². The van der Waals surface area contributed by atoms with E-state index in [1.165, 1.54) is 0 Å². The largest absolute Gasteiger partial charge is 0.396 e. The molecule has 1 saturated heterocycles. The van der Waals surface area contributed by atoms with Gasteiger partial charge in [0.15, 0.2) is 0 Å². The maximum absolute atomic E-state index is 8.95. The van der Waals surface area contributed by atoms with Crippen LogP contribution in [0.25, 0.3) is 0 Å². The molecule has 0 aromatic rings. The van der Waals surface area contributed by atoms with Crippen molar-refractivity contribution in [2.45, 2.75) is 25.6 Å². The summed E-state index contributed by atoms with van der Waals surface area (Å²) in [6.45, 7) is 2.83. The fraction of sp³-hybridized carbons (Fsp3) is 1.00. The van der Waals surface area contributed by atoms with Crippen LogP contribution in [0.4, 0.5) is 0 Å². The fourth-order valence-corrected chi connectivity index (χ4v) is 1.57. The molecule has 0 bridgehead atoms. The van der Waals surface area contributed by atoms with E-state index in [-0.39, 0.29) is 24.7 Å². The average molecular weight is 160 g/mol. The molecular weight excluding hydrogens is 144 g/mol. The molecule has 1 heterocycles. The molecule has 0 radical (unpaired) electrons. The minimum Gasteiger partial charge on any atom is -0.396 e. The van der Waals surface area contributed by atoms with Gasteiger partial charge in [-0.1, -0.05) is 0 Å². The molecule has 0 saturated carbocycles. The van der Waals surface area contributed by atoms with Gasteiger partial charge in [0.2, 0.25) is 0 Å². The highest BCUT2D eigenvalue weighted by atomic mass is 16.5. The summed E-state index contributed by atoms with van der Waals surface area (Å²) in [5, 5.41) is 8.95. The van der Waals surface area contributed by atoms with E-state index in [1.807, 2.05) is 6.92 Å². The third kappa shape index (κ3) is 2.15. The second-order valence-corrected chi connectivity index (χ2v) is 3.12. The Morgan fingerprint density at radius 1 is 1.64 bits per heavy atom. The first-order chi connectivity index (χ1) is 5.27. The normalized spacial score (nSPS) is 37.9. The second kappa shape index (κ2) is 4.04. The molecule has 0 unspecified atom stereocenters. The monoisotopic (exact) mass is 160 g/mol. The SMILES string of the molecule is COC[C@H]1O[C@H](C)C[C@@H]1CO. The Morgan fingerprint density at radius 3 is 2.91 bits per heavy atom. The second-order valence-electron chi connectivity index (χ2n) is 3.12. The summed E-state index contributed by atoms with van der Waals surface area (Å²) in [7, 11) is 1.65. The molecule has 3 heteroatoms. The van der Waals surface area contributed by atoms with Crippen molar-refractivity contribution in [2.75, 3.05) is 20.3 Å². The molecular formula is C8H16O3. The smallest absolute Gasteiger partial charge is 0.0862 e. The van der Waals surface area contributed by atoms with Gasteiger partial charge in [0.05, 0.1) is 18.8 Å². The third-order valence-corrected chi connectivity index (χ3v) is 2.13. The molecule has 1 fully saturated rings. The number of ether oxygens (including phenoxy) is 2. The molecule has 0 aromatic heterocycles. The van der Waals surface area contributed by atoms with Crippen LogP contribution in [0.5, 0.6) is 0 Å². The fourth-order valence-electron chi connectivity index (χ4n) is 1.57. The zero-order chi connectivity index (χ0) is 8.27. The Morgan fingerprint density at radius 2 is 2.36 bits per heavy atom. The first kappa shape index (κ1) is 8.97. The molecule has 1 aliphatic heterocycles. The lowest BCUT2D eigenvalue weighted by Gasteiger charge is -2.14. The van der Waals surface area contributed by atoms with E-state index in [1.54, 1.807) is 7.11 Å². The first-order valence-corrected chi connectivity index (χ1v) is 4.03. The van der Waals surface area contributed by atoms with E-state index < -0.39 is 0 Å². The summed E-state index contributed by atoms with van der Waals surface area (Å²) < 4.78 is 10.5. The van der Waals surface area contributed by atoms with Crippen LogP contribution in [0.15, 0.2) is 0 Å². The molecule has 11 heavy (non-hydrogen) atoms. The number of hydrogen-bond acceptors (Lipinski definition) is 3. The van der Waals surface area contributed by atoms with E-state index in [4.69, 9.17) is 14.6 Å². The number of aliphatic hydroxyl groups excluding tert-OH is 1. The van der Waals surface area contributed by atoms with Crippen molar-refractivity contribution in [3.05, 3.63) is 0 Å². The minimum absolute atomic E-state index is 0.0972. The summed E-state index contributed by atoms with van der Waals surface area (Å²) in [6.07, 6.45) is 1.32. The highest BCUT2D eigenvalue weighted by Crippen LogP contribution is 2.25. The topological polar surface area (TPSA) is 38.7 Å². The van der Waals surface area contributed by atoms with Crippen molar-refractivity contribution in [1.29, 1.82) is 0 Å². The van der Waals surface area contributed by atoms with Gasteiger partial charge in [-0.3, -0.25) is 0 Å². The quantitative estimate of drug-likeness (QED) is 0.650. The van der Waals surface area contributed by atoms with Crippen molar-refractivity contribution in [1.82, 2.24) is 0 Å². The lowest BCUT2D eigenvalue weighted by molar-refractivity contribution is -0.0142. The summed E-state index contributed by atoms with van der Waals surface area (Å²) in [5.74, 6) is 0.268. The number of rotatable bonds is 3. The summed E-state index contributed by atoms with van der Waals surface area (Å²) >= 11 is 0. The summed E-state index contributed by atoms with van der Waals surface area (Å²) in [4.78, 5) is 0. The van der Waals surface area contributed by atoms with Gasteiger partial charge in [0.1, 0.15) is 0 Å². The zero-order valence-electron chi connectivity index (χ0n) is 7.12. The predicted molar refractivity (Wildman–Crippen MR) is 41.4 cm³/mol. The Labute approximate surface area is 67.3 Å². The lowest BCUT2D eigenvalue weighted by atomic mass is 10.0.